The van der Waals surface area contributed by atoms with E-state index in [9.17, 15) is 9.59 Å². The molecule has 0 fully saturated rings. The van der Waals surface area contributed by atoms with Crippen LogP contribution in [0, 0.1) is 0 Å². The molecule has 0 aromatic heterocycles. The summed E-state index contributed by atoms with van der Waals surface area (Å²) in [4.78, 5) is 22.6. The van der Waals surface area contributed by atoms with Crippen LogP contribution in [0.4, 0.5) is 0 Å². The molecule has 0 saturated heterocycles. The largest absolute Gasteiger partial charge is 0.423 e. The second-order valence-corrected chi connectivity index (χ2v) is 4.89. The highest BCUT2D eigenvalue weighted by atomic mass is 16.5. The number of benzene rings is 1. The number of carbonyl (C=O) groups is 2. The highest BCUT2D eigenvalue weighted by Gasteiger charge is 2.06. The van der Waals surface area contributed by atoms with E-state index in [-0.39, 0.29) is 0 Å². The average Bonchev–Trinajstić information content (AvgIpc) is 2.38. The van der Waals surface area contributed by atoms with Crippen molar-refractivity contribution >= 4 is 12.3 Å². The monoisotopic (exact) mass is 272 g/mol. The van der Waals surface area contributed by atoms with Gasteiger partial charge in [-0.2, -0.15) is 0 Å². The Morgan fingerprint density at radius 1 is 1.20 bits per heavy atom. The van der Waals surface area contributed by atoms with Crippen molar-refractivity contribution in [3.63, 3.8) is 0 Å². The van der Waals surface area contributed by atoms with Crippen molar-refractivity contribution in [2.45, 2.75) is 33.6 Å². The lowest BCUT2D eigenvalue weighted by atomic mass is 10.1. The first-order chi connectivity index (χ1) is 9.52. The maximum absolute atomic E-state index is 11.8. The molecule has 0 aliphatic carbocycles. The Bertz CT molecular complexity index is 535. The summed E-state index contributed by atoms with van der Waals surface area (Å²) in [5.74, 6) is -0.158. The third-order valence-corrected chi connectivity index (χ3v) is 2.71. The van der Waals surface area contributed by atoms with Gasteiger partial charge in [0.2, 0.25) is 0 Å². The highest BCUT2D eigenvalue weighted by Crippen LogP contribution is 2.16. The summed E-state index contributed by atoms with van der Waals surface area (Å²) < 4.78 is 5.17. The van der Waals surface area contributed by atoms with Crippen molar-refractivity contribution in [3.8, 4) is 5.75 Å². The minimum Gasteiger partial charge on any atom is -0.423 e. The molecule has 0 N–H and O–H groups in total. The SMILES string of the molecule is CC(C)=CCC/C(C)=C/C(=O)Oc1ccccc1C=O. The van der Waals surface area contributed by atoms with E-state index in [1.165, 1.54) is 11.6 Å². The number of ether oxygens (including phenoxy) is 1. The van der Waals surface area contributed by atoms with E-state index in [0.717, 1.165) is 18.4 Å². The Hall–Kier alpha value is -2.16. The molecule has 0 radical (unpaired) electrons. The van der Waals surface area contributed by atoms with E-state index in [1.807, 2.05) is 20.8 Å². The molecule has 20 heavy (non-hydrogen) atoms. The van der Waals surface area contributed by atoms with E-state index in [1.54, 1.807) is 24.3 Å². The molecule has 1 aromatic carbocycles. The molecule has 0 heterocycles. The quantitative estimate of drug-likeness (QED) is 0.257. The van der Waals surface area contributed by atoms with Crippen LogP contribution in [-0.4, -0.2) is 12.3 Å². The lowest BCUT2D eigenvalue weighted by Gasteiger charge is -2.04. The van der Waals surface area contributed by atoms with Gasteiger partial charge >= 0.3 is 5.97 Å². The third-order valence-electron chi connectivity index (χ3n) is 2.71. The fourth-order valence-corrected chi connectivity index (χ4v) is 1.67. The molecule has 0 aliphatic heterocycles. The third kappa shape index (κ3) is 5.65. The van der Waals surface area contributed by atoms with Gasteiger partial charge < -0.3 is 4.74 Å². The fourth-order valence-electron chi connectivity index (χ4n) is 1.67. The number of allylic oxidation sites excluding steroid dienone is 3. The summed E-state index contributed by atoms with van der Waals surface area (Å²) in [6.07, 6.45) is 6.00. The number of carbonyl (C=O) groups excluding carboxylic acids is 2. The van der Waals surface area contributed by atoms with Crippen molar-refractivity contribution in [2.24, 2.45) is 0 Å². The van der Waals surface area contributed by atoms with Gasteiger partial charge in [0.05, 0.1) is 5.56 Å². The van der Waals surface area contributed by atoms with Gasteiger partial charge in [0.1, 0.15) is 5.75 Å². The average molecular weight is 272 g/mol. The van der Waals surface area contributed by atoms with E-state index >= 15 is 0 Å². The number of esters is 1. The van der Waals surface area contributed by atoms with E-state index in [4.69, 9.17) is 4.74 Å². The van der Waals surface area contributed by atoms with Gasteiger partial charge in [-0.1, -0.05) is 29.4 Å². The van der Waals surface area contributed by atoms with Crippen LogP contribution < -0.4 is 4.74 Å². The van der Waals surface area contributed by atoms with Gasteiger partial charge in [-0.3, -0.25) is 4.79 Å². The highest BCUT2D eigenvalue weighted by molar-refractivity contribution is 5.87. The number of aldehydes is 1. The predicted octanol–water partition coefficient (Wildman–Crippen LogP) is 4.10. The summed E-state index contributed by atoms with van der Waals surface area (Å²) in [5.41, 5.74) is 2.59. The zero-order chi connectivity index (χ0) is 15.0. The molecule has 0 unspecified atom stereocenters. The Balaban J connectivity index is 2.62. The van der Waals surface area contributed by atoms with Crippen molar-refractivity contribution in [1.82, 2.24) is 0 Å². The number of rotatable bonds is 6. The lowest BCUT2D eigenvalue weighted by Crippen LogP contribution is -2.06. The predicted molar refractivity (Wildman–Crippen MR) is 79.9 cm³/mol. The molecule has 0 atom stereocenters. The first-order valence-corrected chi connectivity index (χ1v) is 6.59. The van der Waals surface area contributed by atoms with E-state index < -0.39 is 5.97 Å². The minimum atomic E-state index is -0.450. The van der Waals surface area contributed by atoms with Gasteiger partial charge in [0, 0.05) is 6.08 Å². The molecular formula is C17H20O3. The Morgan fingerprint density at radius 3 is 2.55 bits per heavy atom. The maximum atomic E-state index is 11.8. The smallest absolute Gasteiger partial charge is 0.336 e. The Kier molecular flexibility index (Phi) is 6.44. The van der Waals surface area contributed by atoms with Crippen LogP contribution in [-0.2, 0) is 4.79 Å². The van der Waals surface area contributed by atoms with Crippen LogP contribution in [0.25, 0.3) is 0 Å². The van der Waals surface area contributed by atoms with E-state index in [0.29, 0.717) is 17.6 Å². The summed E-state index contributed by atoms with van der Waals surface area (Å²) in [5, 5.41) is 0. The molecule has 0 saturated carbocycles. The van der Waals surface area contributed by atoms with Crippen LogP contribution in [0.5, 0.6) is 5.75 Å². The molecule has 0 amide bonds. The van der Waals surface area contributed by atoms with Crippen molar-refractivity contribution in [3.05, 3.63) is 53.1 Å². The number of hydrogen-bond donors (Lipinski definition) is 0. The molecule has 3 heteroatoms. The summed E-state index contributed by atoms with van der Waals surface area (Å²) in [6, 6.07) is 6.66. The number of hydrogen-bond acceptors (Lipinski definition) is 3. The first kappa shape index (κ1) is 15.9. The fraction of sp³-hybridized carbons (Fsp3) is 0.294. The molecule has 0 spiro atoms. The normalized spacial score (nSPS) is 10.8. The molecular weight excluding hydrogens is 252 g/mol. The van der Waals surface area contributed by atoms with Gasteiger partial charge in [0.15, 0.2) is 6.29 Å². The van der Waals surface area contributed by atoms with E-state index in [2.05, 4.69) is 6.08 Å². The van der Waals surface area contributed by atoms with Gasteiger partial charge in [-0.25, -0.2) is 4.79 Å². The van der Waals surface area contributed by atoms with Gasteiger partial charge in [-0.05, 0) is 45.7 Å². The Morgan fingerprint density at radius 2 is 1.90 bits per heavy atom. The van der Waals surface area contributed by atoms with Crippen LogP contribution in [0.15, 0.2) is 47.6 Å². The minimum absolute atomic E-state index is 0.292. The summed E-state index contributed by atoms with van der Waals surface area (Å²) in [6.45, 7) is 5.99. The molecule has 3 nitrogen and oxygen atoms in total. The molecule has 1 rings (SSSR count). The van der Waals surface area contributed by atoms with Crippen molar-refractivity contribution < 1.29 is 14.3 Å². The second-order valence-electron chi connectivity index (χ2n) is 4.89. The maximum Gasteiger partial charge on any atom is 0.336 e. The van der Waals surface area contributed by atoms with Crippen LogP contribution in [0.1, 0.15) is 44.0 Å². The zero-order valence-corrected chi connectivity index (χ0v) is 12.2. The first-order valence-electron chi connectivity index (χ1n) is 6.59. The van der Waals surface area contributed by atoms with Crippen molar-refractivity contribution in [2.75, 3.05) is 0 Å². The zero-order valence-electron chi connectivity index (χ0n) is 12.2. The van der Waals surface area contributed by atoms with Gasteiger partial charge in [-0.15, -0.1) is 0 Å². The molecule has 0 aliphatic rings. The standard InChI is InChI=1S/C17H20O3/c1-13(2)7-6-8-14(3)11-17(19)20-16-10-5-4-9-15(16)12-18/h4-5,7,9-12H,6,8H2,1-3H3/b14-11+. The Labute approximate surface area is 120 Å². The second kappa shape index (κ2) is 8.10. The summed E-state index contributed by atoms with van der Waals surface area (Å²) >= 11 is 0. The topological polar surface area (TPSA) is 43.4 Å². The number of para-hydroxylation sites is 1. The summed E-state index contributed by atoms with van der Waals surface area (Å²) in [7, 11) is 0. The van der Waals surface area contributed by atoms with Gasteiger partial charge in [0.25, 0.3) is 0 Å². The molecule has 0 bridgehead atoms. The van der Waals surface area contributed by atoms with Crippen molar-refractivity contribution in [1.29, 1.82) is 0 Å². The lowest BCUT2D eigenvalue weighted by molar-refractivity contribution is -0.129. The van der Waals surface area contributed by atoms with Crippen LogP contribution >= 0.6 is 0 Å². The van der Waals surface area contributed by atoms with Crippen LogP contribution in [0.2, 0.25) is 0 Å². The van der Waals surface area contributed by atoms with Crippen LogP contribution in [0.3, 0.4) is 0 Å². The molecule has 106 valence electrons. The molecule has 1 aromatic rings.